The molecular formula is C18H26N2O2S. The molecule has 1 aliphatic carbocycles. The Morgan fingerprint density at radius 2 is 1.91 bits per heavy atom. The van der Waals surface area contributed by atoms with Crippen LogP contribution in [0.4, 0.5) is 0 Å². The number of methoxy groups -OCH3 is 1. The van der Waals surface area contributed by atoms with Crippen LogP contribution in [0.15, 0.2) is 24.3 Å². The summed E-state index contributed by atoms with van der Waals surface area (Å²) in [5.41, 5.74) is 1.09. The first kappa shape index (κ1) is 17.7. The number of ether oxygens (including phenoxy) is 1. The number of rotatable bonds is 6. The lowest BCUT2D eigenvalue weighted by Gasteiger charge is -2.21. The van der Waals surface area contributed by atoms with Crippen LogP contribution >= 0.6 is 12.2 Å². The maximum absolute atomic E-state index is 11.9. The Hall–Kier alpha value is -1.62. The summed E-state index contributed by atoms with van der Waals surface area (Å²) in [6, 6.07) is 7.75. The van der Waals surface area contributed by atoms with Crippen molar-refractivity contribution in [2.24, 2.45) is 5.92 Å². The minimum absolute atomic E-state index is 0.0165. The third-order valence-corrected chi connectivity index (χ3v) is 4.62. The number of thiocarbonyl (C=S) groups is 1. The highest BCUT2D eigenvalue weighted by molar-refractivity contribution is 7.80. The molecule has 2 N–H and O–H groups in total. The normalized spacial score (nSPS) is 15.0. The zero-order valence-electron chi connectivity index (χ0n) is 13.8. The van der Waals surface area contributed by atoms with E-state index in [1.165, 1.54) is 32.1 Å². The minimum atomic E-state index is 0.0165. The highest BCUT2D eigenvalue weighted by Crippen LogP contribution is 2.27. The smallest absolute Gasteiger partial charge is 0.226 e. The molecule has 1 aromatic rings. The fourth-order valence-electron chi connectivity index (χ4n) is 2.97. The summed E-state index contributed by atoms with van der Waals surface area (Å²) >= 11 is 5.18. The second-order valence-corrected chi connectivity index (χ2v) is 6.53. The Labute approximate surface area is 144 Å². The molecule has 1 saturated carbocycles. The molecule has 0 atom stereocenters. The molecule has 0 spiro atoms. The first-order valence-electron chi connectivity index (χ1n) is 8.38. The number of benzene rings is 1. The van der Waals surface area contributed by atoms with Gasteiger partial charge in [-0.3, -0.25) is 4.79 Å². The summed E-state index contributed by atoms with van der Waals surface area (Å²) in [5.74, 6) is 1.56. The van der Waals surface area contributed by atoms with E-state index in [9.17, 15) is 4.79 Å². The van der Waals surface area contributed by atoms with Crippen LogP contribution in [0.5, 0.6) is 5.75 Å². The number of hydrogen-bond donors (Lipinski definition) is 2. The van der Waals surface area contributed by atoms with Gasteiger partial charge in [-0.2, -0.15) is 0 Å². The number of nitrogens with one attached hydrogen (secondary N) is 2. The van der Waals surface area contributed by atoms with E-state index in [4.69, 9.17) is 17.0 Å². The molecule has 1 amide bonds. The molecule has 2 rings (SSSR count). The van der Waals surface area contributed by atoms with Gasteiger partial charge in [0.05, 0.1) is 7.11 Å². The van der Waals surface area contributed by atoms with Gasteiger partial charge in [0.15, 0.2) is 5.11 Å². The van der Waals surface area contributed by atoms with Crippen molar-refractivity contribution < 1.29 is 9.53 Å². The van der Waals surface area contributed by atoms with Gasteiger partial charge in [0, 0.05) is 13.0 Å². The van der Waals surface area contributed by atoms with Crippen molar-refractivity contribution in [1.29, 1.82) is 0 Å². The zero-order valence-corrected chi connectivity index (χ0v) is 14.6. The van der Waals surface area contributed by atoms with Crippen LogP contribution in [0.3, 0.4) is 0 Å². The Balaban J connectivity index is 1.63. The van der Waals surface area contributed by atoms with Crippen molar-refractivity contribution in [2.75, 3.05) is 7.11 Å². The van der Waals surface area contributed by atoms with Crippen LogP contribution in [0.25, 0.3) is 0 Å². The van der Waals surface area contributed by atoms with Gasteiger partial charge < -0.3 is 15.4 Å². The third-order valence-electron chi connectivity index (χ3n) is 4.37. The molecule has 1 aromatic carbocycles. The summed E-state index contributed by atoms with van der Waals surface area (Å²) in [6.07, 6.45) is 8.06. The van der Waals surface area contributed by atoms with Gasteiger partial charge in [-0.05, 0) is 42.3 Å². The van der Waals surface area contributed by atoms with E-state index in [0.29, 0.717) is 18.1 Å². The average molecular weight is 334 g/mol. The minimum Gasteiger partial charge on any atom is -0.497 e. The Morgan fingerprint density at radius 1 is 1.22 bits per heavy atom. The van der Waals surface area contributed by atoms with Crippen molar-refractivity contribution in [2.45, 2.75) is 51.5 Å². The predicted octanol–water partition coefficient (Wildman–Crippen LogP) is 3.55. The topological polar surface area (TPSA) is 50.4 Å². The maximum atomic E-state index is 11.9. The van der Waals surface area contributed by atoms with E-state index in [1.807, 2.05) is 24.3 Å². The maximum Gasteiger partial charge on any atom is 0.226 e. The molecule has 0 radical (unpaired) electrons. The van der Waals surface area contributed by atoms with E-state index in [-0.39, 0.29) is 5.91 Å². The van der Waals surface area contributed by atoms with E-state index >= 15 is 0 Å². The lowest BCUT2D eigenvalue weighted by atomic mass is 9.86. The molecule has 5 heteroatoms. The lowest BCUT2D eigenvalue weighted by Crippen LogP contribution is -2.38. The van der Waals surface area contributed by atoms with Crippen LogP contribution in [-0.2, 0) is 11.3 Å². The zero-order chi connectivity index (χ0) is 16.5. The van der Waals surface area contributed by atoms with E-state index in [2.05, 4.69) is 10.6 Å². The fraction of sp³-hybridized carbons (Fsp3) is 0.556. The molecule has 0 saturated heterocycles. The van der Waals surface area contributed by atoms with E-state index in [1.54, 1.807) is 7.11 Å². The van der Waals surface area contributed by atoms with Crippen LogP contribution in [0.1, 0.15) is 50.5 Å². The van der Waals surface area contributed by atoms with E-state index in [0.717, 1.165) is 23.7 Å². The third kappa shape index (κ3) is 6.57. The van der Waals surface area contributed by atoms with Gasteiger partial charge in [-0.15, -0.1) is 0 Å². The summed E-state index contributed by atoms with van der Waals surface area (Å²) < 4.78 is 5.12. The first-order valence-corrected chi connectivity index (χ1v) is 8.79. The van der Waals surface area contributed by atoms with Gasteiger partial charge in [0.1, 0.15) is 5.75 Å². The van der Waals surface area contributed by atoms with Gasteiger partial charge in [0.25, 0.3) is 0 Å². The molecular weight excluding hydrogens is 308 g/mol. The van der Waals surface area contributed by atoms with Crippen LogP contribution < -0.4 is 15.4 Å². The summed E-state index contributed by atoms with van der Waals surface area (Å²) in [6.45, 7) is 0.589. The Morgan fingerprint density at radius 3 is 2.57 bits per heavy atom. The second kappa shape index (κ2) is 9.50. The van der Waals surface area contributed by atoms with Crippen molar-refractivity contribution in [3.8, 4) is 5.75 Å². The molecule has 0 aromatic heterocycles. The molecule has 0 aliphatic heterocycles. The number of hydrogen-bond acceptors (Lipinski definition) is 3. The van der Waals surface area contributed by atoms with Crippen molar-refractivity contribution in [3.63, 3.8) is 0 Å². The number of carbonyl (C=O) groups is 1. The molecule has 4 nitrogen and oxygen atoms in total. The van der Waals surface area contributed by atoms with Crippen LogP contribution in [0, 0.1) is 5.92 Å². The summed E-state index contributed by atoms with van der Waals surface area (Å²) in [4.78, 5) is 11.9. The highest BCUT2D eigenvalue weighted by Gasteiger charge is 2.15. The summed E-state index contributed by atoms with van der Waals surface area (Å²) in [5, 5.41) is 6.23. The second-order valence-electron chi connectivity index (χ2n) is 6.12. The van der Waals surface area contributed by atoms with Gasteiger partial charge in [-0.1, -0.05) is 44.2 Å². The number of carbonyl (C=O) groups excluding carboxylic acids is 1. The molecule has 0 heterocycles. The summed E-state index contributed by atoms with van der Waals surface area (Å²) in [7, 11) is 1.64. The van der Waals surface area contributed by atoms with Crippen molar-refractivity contribution in [3.05, 3.63) is 29.8 Å². The predicted molar refractivity (Wildman–Crippen MR) is 96.4 cm³/mol. The monoisotopic (exact) mass is 334 g/mol. The largest absolute Gasteiger partial charge is 0.497 e. The first-order chi connectivity index (χ1) is 11.2. The van der Waals surface area contributed by atoms with E-state index < -0.39 is 0 Å². The van der Waals surface area contributed by atoms with Crippen molar-refractivity contribution >= 4 is 23.2 Å². The van der Waals surface area contributed by atoms with Crippen LogP contribution in [0.2, 0.25) is 0 Å². The van der Waals surface area contributed by atoms with Crippen LogP contribution in [-0.4, -0.2) is 18.1 Å². The SMILES string of the molecule is COc1ccc(CNC(=S)NC(=O)CCC2CCCCC2)cc1. The lowest BCUT2D eigenvalue weighted by molar-refractivity contribution is -0.120. The standard InChI is InChI=1S/C18H26N2O2S/c1-22-16-10-7-15(8-11-16)13-19-18(23)20-17(21)12-9-14-5-3-2-4-6-14/h7-8,10-11,14H,2-6,9,12-13H2,1H3,(H2,19,20,21,23). The van der Waals surface area contributed by atoms with Gasteiger partial charge >= 0.3 is 0 Å². The molecule has 23 heavy (non-hydrogen) atoms. The molecule has 126 valence electrons. The molecule has 1 fully saturated rings. The molecule has 0 unspecified atom stereocenters. The Kier molecular flexibility index (Phi) is 7.33. The highest BCUT2D eigenvalue weighted by atomic mass is 32.1. The van der Waals surface area contributed by atoms with Gasteiger partial charge in [-0.25, -0.2) is 0 Å². The quantitative estimate of drug-likeness (QED) is 0.781. The average Bonchev–Trinajstić information content (AvgIpc) is 2.59. The fourth-order valence-corrected chi connectivity index (χ4v) is 3.16. The van der Waals surface area contributed by atoms with Crippen molar-refractivity contribution in [1.82, 2.24) is 10.6 Å². The molecule has 1 aliphatic rings. The Bertz CT molecular complexity index is 510. The molecule has 0 bridgehead atoms. The van der Waals surface area contributed by atoms with Gasteiger partial charge in [0.2, 0.25) is 5.91 Å². The number of amides is 1.